The van der Waals surface area contributed by atoms with E-state index in [1.54, 1.807) is 18.6 Å². The van der Waals surface area contributed by atoms with E-state index in [0.717, 1.165) is 18.5 Å². The van der Waals surface area contributed by atoms with Crippen molar-refractivity contribution in [3.63, 3.8) is 0 Å². The van der Waals surface area contributed by atoms with Crippen molar-refractivity contribution in [3.8, 4) is 0 Å². The number of carbonyl (C=O) groups excluding carboxylic acids is 1. The SMILES string of the molecule is C[C@H](NC(=O)NCCCn1cccn1)c1ccncc1. The van der Waals surface area contributed by atoms with Crippen molar-refractivity contribution in [2.75, 3.05) is 6.54 Å². The van der Waals surface area contributed by atoms with Crippen molar-refractivity contribution >= 4 is 6.03 Å². The van der Waals surface area contributed by atoms with Crippen LogP contribution in [0.2, 0.25) is 0 Å². The number of nitrogens with one attached hydrogen (secondary N) is 2. The normalized spacial score (nSPS) is 11.8. The minimum atomic E-state index is -0.158. The smallest absolute Gasteiger partial charge is 0.315 e. The highest BCUT2D eigenvalue weighted by molar-refractivity contribution is 5.74. The Morgan fingerprint density at radius 2 is 2.15 bits per heavy atom. The number of pyridine rings is 1. The second kappa shape index (κ2) is 7.28. The van der Waals surface area contributed by atoms with E-state index in [0.29, 0.717) is 6.54 Å². The number of hydrogen-bond acceptors (Lipinski definition) is 3. The maximum absolute atomic E-state index is 11.7. The summed E-state index contributed by atoms with van der Waals surface area (Å²) in [5, 5.41) is 9.83. The van der Waals surface area contributed by atoms with Gasteiger partial charge >= 0.3 is 6.03 Å². The fourth-order valence-electron chi connectivity index (χ4n) is 1.86. The molecule has 0 fully saturated rings. The van der Waals surface area contributed by atoms with E-state index >= 15 is 0 Å². The van der Waals surface area contributed by atoms with Gasteiger partial charge in [-0.15, -0.1) is 0 Å². The van der Waals surface area contributed by atoms with Gasteiger partial charge < -0.3 is 10.6 Å². The van der Waals surface area contributed by atoms with Gasteiger partial charge in [0.05, 0.1) is 6.04 Å². The monoisotopic (exact) mass is 273 g/mol. The molecule has 106 valence electrons. The van der Waals surface area contributed by atoms with Crippen molar-refractivity contribution in [1.82, 2.24) is 25.4 Å². The molecule has 0 spiro atoms. The van der Waals surface area contributed by atoms with Gasteiger partial charge in [-0.2, -0.15) is 5.10 Å². The molecular formula is C14H19N5O. The molecule has 0 radical (unpaired) electrons. The van der Waals surface area contributed by atoms with Crippen molar-refractivity contribution in [2.45, 2.75) is 25.9 Å². The number of nitrogens with zero attached hydrogens (tertiary/aromatic N) is 3. The average molecular weight is 273 g/mol. The van der Waals surface area contributed by atoms with Crippen LogP contribution in [0.5, 0.6) is 0 Å². The zero-order valence-corrected chi connectivity index (χ0v) is 11.5. The number of rotatable bonds is 6. The number of carbonyl (C=O) groups is 1. The Kier molecular flexibility index (Phi) is 5.11. The van der Waals surface area contributed by atoms with Crippen LogP contribution in [-0.4, -0.2) is 27.3 Å². The molecule has 2 rings (SSSR count). The van der Waals surface area contributed by atoms with Crippen LogP contribution in [0.25, 0.3) is 0 Å². The van der Waals surface area contributed by atoms with E-state index < -0.39 is 0 Å². The molecule has 2 N–H and O–H groups in total. The standard InChI is InChI=1S/C14H19N5O/c1-12(13-4-8-15-9-5-13)18-14(20)16-6-2-10-19-11-3-7-17-19/h3-5,7-9,11-12H,2,6,10H2,1H3,(H2,16,18,20)/t12-/m0/s1. The van der Waals surface area contributed by atoms with Gasteiger partial charge in [-0.05, 0) is 37.1 Å². The molecular weight excluding hydrogens is 254 g/mol. The number of aromatic nitrogens is 3. The Morgan fingerprint density at radius 3 is 2.85 bits per heavy atom. The quantitative estimate of drug-likeness (QED) is 0.787. The second-order valence-electron chi connectivity index (χ2n) is 4.53. The summed E-state index contributed by atoms with van der Waals surface area (Å²) in [5.74, 6) is 0. The maximum Gasteiger partial charge on any atom is 0.315 e. The van der Waals surface area contributed by atoms with Crippen LogP contribution >= 0.6 is 0 Å². The van der Waals surface area contributed by atoms with Crippen LogP contribution in [0, 0.1) is 0 Å². The number of hydrogen-bond donors (Lipinski definition) is 2. The van der Waals surface area contributed by atoms with E-state index in [1.807, 2.05) is 36.0 Å². The van der Waals surface area contributed by atoms with E-state index in [1.165, 1.54) is 0 Å². The predicted octanol–water partition coefficient (Wildman–Crippen LogP) is 1.73. The van der Waals surface area contributed by atoms with Crippen molar-refractivity contribution in [2.24, 2.45) is 0 Å². The summed E-state index contributed by atoms with van der Waals surface area (Å²) in [7, 11) is 0. The van der Waals surface area contributed by atoms with Gasteiger partial charge in [0.2, 0.25) is 0 Å². The maximum atomic E-state index is 11.7. The zero-order valence-electron chi connectivity index (χ0n) is 11.5. The predicted molar refractivity (Wildman–Crippen MR) is 76.0 cm³/mol. The molecule has 0 aromatic carbocycles. The van der Waals surface area contributed by atoms with Crippen molar-refractivity contribution < 1.29 is 4.79 Å². The fourth-order valence-corrected chi connectivity index (χ4v) is 1.86. The summed E-state index contributed by atoms with van der Waals surface area (Å²) in [6.45, 7) is 3.36. The Hall–Kier alpha value is -2.37. The minimum Gasteiger partial charge on any atom is -0.338 e. The van der Waals surface area contributed by atoms with E-state index in [4.69, 9.17) is 0 Å². The summed E-state index contributed by atoms with van der Waals surface area (Å²) in [6.07, 6.45) is 7.94. The number of urea groups is 1. The zero-order chi connectivity index (χ0) is 14.2. The summed E-state index contributed by atoms with van der Waals surface area (Å²) in [5.41, 5.74) is 1.03. The van der Waals surface area contributed by atoms with E-state index in [9.17, 15) is 4.79 Å². The second-order valence-corrected chi connectivity index (χ2v) is 4.53. The van der Waals surface area contributed by atoms with Crippen LogP contribution in [0.1, 0.15) is 24.9 Å². The first-order valence-electron chi connectivity index (χ1n) is 6.67. The summed E-state index contributed by atoms with van der Waals surface area (Å²) >= 11 is 0. The summed E-state index contributed by atoms with van der Waals surface area (Å²) in [4.78, 5) is 15.7. The minimum absolute atomic E-state index is 0.0379. The van der Waals surface area contributed by atoms with Gasteiger partial charge in [-0.25, -0.2) is 4.79 Å². The molecule has 0 saturated carbocycles. The van der Waals surface area contributed by atoms with Crippen LogP contribution in [-0.2, 0) is 6.54 Å². The molecule has 0 aliphatic heterocycles. The summed E-state index contributed by atoms with van der Waals surface area (Å²) in [6, 6.07) is 5.47. The number of aryl methyl sites for hydroxylation is 1. The molecule has 2 aromatic heterocycles. The topological polar surface area (TPSA) is 71.8 Å². The van der Waals surface area contributed by atoms with Crippen molar-refractivity contribution in [3.05, 3.63) is 48.5 Å². The van der Waals surface area contributed by atoms with Gasteiger partial charge in [0.1, 0.15) is 0 Å². The average Bonchev–Trinajstić information content (AvgIpc) is 2.98. The van der Waals surface area contributed by atoms with E-state index in [2.05, 4.69) is 20.7 Å². The molecule has 6 nitrogen and oxygen atoms in total. The highest BCUT2D eigenvalue weighted by Gasteiger charge is 2.08. The summed E-state index contributed by atoms with van der Waals surface area (Å²) < 4.78 is 1.85. The highest BCUT2D eigenvalue weighted by Crippen LogP contribution is 2.09. The molecule has 2 amide bonds. The number of amides is 2. The molecule has 2 heterocycles. The molecule has 6 heteroatoms. The Labute approximate surface area is 118 Å². The lowest BCUT2D eigenvalue weighted by atomic mass is 10.1. The highest BCUT2D eigenvalue weighted by atomic mass is 16.2. The molecule has 0 aliphatic rings. The Bertz CT molecular complexity index is 512. The molecule has 20 heavy (non-hydrogen) atoms. The Morgan fingerprint density at radius 1 is 1.35 bits per heavy atom. The molecule has 0 saturated heterocycles. The largest absolute Gasteiger partial charge is 0.338 e. The fraction of sp³-hybridized carbons (Fsp3) is 0.357. The third kappa shape index (κ3) is 4.38. The van der Waals surface area contributed by atoms with Gasteiger partial charge in [0.15, 0.2) is 0 Å². The third-order valence-electron chi connectivity index (χ3n) is 2.96. The van der Waals surface area contributed by atoms with E-state index in [-0.39, 0.29) is 12.1 Å². The van der Waals surface area contributed by atoms with Gasteiger partial charge in [0.25, 0.3) is 0 Å². The molecule has 0 unspecified atom stereocenters. The molecule has 2 aromatic rings. The molecule has 0 bridgehead atoms. The Balaban J connectivity index is 1.65. The van der Waals surface area contributed by atoms with Crippen LogP contribution in [0.3, 0.4) is 0 Å². The van der Waals surface area contributed by atoms with Crippen LogP contribution in [0.15, 0.2) is 43.0 Å². The lowest BCUT2D eigenvalue weighted by Crippen LogP contribution is -2.37. The van der Waals surface area contributed by atoms with Crippen LogP contribution in [0.4, 0.5) is 4.79 Å². The molecule has 0 aliphatic carbocycles. The lowest BCUT2D eigenvalue weighted by molar-refractivity contribution is 0.237. The first-order valence-corrected chi connectivity index (χ1v) is 6.67. The first-order chi connectivity index (χ1) is 9.75. The van der Waals surface area contributed by atoms with Gasteiger partial charge in [-0.1, -0.05) is 0 Å². The third-order valence-corrected chi connectivity index (χ3v) is 2.96. The lowest BCUT2D eigenvalue weighted by Gasteiger charge is -2.14. The molecule has 1 atom stereocenters. The van der Waals surface area contributed by atoms with Gasteiger partial charge in [-0.3, -0.25) is 9.67 Å². The van der Waals surface area contributed by atoms with Crippen LogP contribution < -0.4 is 10.6 Å². The first kappa shape index (κ1) is 14.0. The van der Waals surface area contributed by atoms with Gasteiger partial charge in [0, 0.05) is 37.9 Å². The van der Waals surface area contributed by atoms with Crippen molar-refractivity contribution in [1.29, 1.82) is 0 Å².